The number of phenolic OH excluding ortho intramolecular Hbond substituents is 2. The van der Waals surface area contributed by atoms with Gasteiger partial charge in [-0.1, -0.05) is 24.3 Å². The van der Waals surface area contributed by atoms with Gasteiger partial charge in [0.1, 0.15) is 11.5 Å². The highest BCUT2D eigenvalue weighted by atomic mass is 16.3. The van der Waals surface area contributed by atoms with Crippen LogP contribution in [-0.2, 0) is 6.42 Å². The maximum Gasteiger partial charge on any atom is 0.115 e. The quantitative estimate of drug-likeness (QED) is 0.634. The Hall–Kier alpha value is -2.04. The minimum Gasteiger partial charge on any atom is -0.508 e. The van der Waals surface area contributed by atoms with Gasteiger partial charge in [-0.2, -0.15) is 0 Å². The Labute approximate surface area is 131 Å². The van der Waals surface area contributed by atoms with Crippen LogP contribution in [0, 0.1) is 0 Å². The summed E-state index contributed by atoms with van der Waals surface area (Å²) in [5.41, 5.74) is 1.89. The maximum absolute atomic E-state index is 10.1. The van der Waals surface area contributed by atoms with E-state index < -0.39 is 6.10 Å². The lowest BCUT2D eigenvalue weighted by Crippen LogP contribution is -2.30. The van der Waals surface area contributed by atoms with Crippen molar-refractivity contribution in [3.63, 3.8) is 0 Å². The maximum atomic E-state index is 10.1. The molecule has 0 amide bonds. The lowest BCUT2D eigenvalue weighted by molar-refractivity contribution is 0.169. The summed E-state index contributed by atoms with van der Waals surface area (Å²) in [6.07, 6.45) is 1.22. The molecule has 0 aromatic heterocycles. The molecule has 0 unspecified atom stereocenters. The normalized spacial score (nSPS) is 13.7. The van der Waals surface area contributed by atoms with Crippen molar-refractivity contribution >= 4 is 0 Å². The first-order valence-corrected chi connectivity index (χ1v) is 7.53. The molecule has 0 radical (unpaired) electrons. The van der Waals surface area contributed by atoms with E-state index in [-0.39, 0.29) is 17.5 Å². The number of aromatic hydroxyl groups is 2. The van der Waals surface area contributed by atoms with Gasteiger partial charge in [-0.05, 0) is 55.2 Å². The summed E-state index contributed by atoms with van der Waals surface area (Å²) >= 11 is 0. The van der Waals surface area contributed by atoms with Crippen molar-refractivity contribution in [3.8, 4) is 11.5 Å². The SMILES string of the molecule is C[C@H](CCc1ccc(O)cc1)NC[C@H](O)c1cccc(O)c1. The van der Waals surface area contributed by atoms with Crippen molar-refractivity contribution in [1.29, 1.82) is 0 Å². The van der Waals surface area contributed by atoms with Gasteiger partial charge in [0.25, 0.3) is 0 Å². The molecular formula is C18H23NO3. The molecule has 0 saturated carbocycles. The molecule has 0 saturated heterocycles. The molecule has 4 N–H and O–H groups in total. The van der Waals surface area contributed by atoms with Crippen LogP contribution in [0.1, 0.15) is 30.6 Å². The highest BCUT2D eigenvalue weighted by Crippen LogP contribution is 2.18. The van der Waals surface area contributed by atoms with Crippen molar-refractivity contribution in [2.75, 3.05) is 6.54 Å². The fourth-order valence-corrected chi connectivity index (χ4v) is 2.31. The van der Waals surface area contributed by atoms with E-state index in [4.69, 9.17) is 0 Å². The van der Waals surface area contributed by atoms with E-state index in [0.717, 1.165) is 12.8 Å². The predicted octanol–water partition coefficient (Wildman–Crippen LogP) is 2.74. The summed E-state index contributed by atoms with van der Waals surface area (Å²) in [5.74, 6) is 0.445. The minimum atomic E-state index is -0.636. The van der Waals surface area contributed by atoms with Crippen LogP contribution in [0.3, 0.4) is 0 Å². The molecule has 0 aliphatic carbocycles. The first kappa shape index (κ1) is 16.3. The summed E-state index contributed by atoms with van der Waals surface area (Å²) < 4.78 is 0. The third-order valence-electron chi connectivity index (χ3n) is 3.72. The highest BCUT2D eigenvalue weighted by Gasteiger charge is 2.10. The van der Waals surface area contributed by atoms with Crippen LogP contribution < -0.4 is 5.32 Å². The molecular weight excluding hydrogens is 278 g/mol. The van der Waals surface area contributed by atoms with Gasteiger partial charge in [0.2, 0.25) is 0 Å². The average molecular weight is 301 g/mol. The van der Waals surface area contributed by atoms with Crippen LogP contribution in [0.25, 0.3) is 0 Å². The zero-order valence-electron chi connectivity index (χ0n) is 12.7. The zero-order valence-corrected chi connectivity index (χ0v) is 12.7. The van der Waals surface area contributed by atoms with Crippen LogP contribution in [0.5, 0.6) is 11.5 Å². The highest BCUT2D eigenvalue weighted by molar-refractivity contribution is 5.28. The Morgan fingerprint density at radius 3 is 2.41 bits per heavy atom. The van der Waals surface area contributed by atoms with Gasteiger partial charge >= 0.3 is 0 Å². The predicted molar refractivity (Wildman–Crippen MR) is 87.0 cm³/mol. The third kappa shape index (κ3) is 5.06. The molecule has 0 aliphatic rings. The van der Waals surface area contributed by atoms with Crippen LogP contribution >= 0.6 is 0 Å². The van der Waals surface area contributed by atoms with Crippen LogP contribution in [0.15, 0.2) is 48.5 Å². The Morgan fingerprint density at radius 2 is 1.73 bits per heavy atom. The molecule has 2 aromatic carbocycles. The number of phenols is 2. The van der Waals surface area contributed by atoms with Crippen molar-refractivity contribution in [2.45, 2.75) is 31.9 Å². The van der Waals surface area contributed by atoms with Gasteiger partial charge in [-0.3, -0.25) is 0 Å². The molecule has 0 bridgehead atoms. The minimum absolute atomic E-state index is 0.164. The molecule has 2 aromatic rings. The summed E-state index contributed by atoms with van der Waals surface area (Å²) in [7, 11) is 0. The van der Waals surface area contributed by atoms with Gasteiger partial charge in [0, 0.05) is 12.6 Å². The monoisotopic (exact) mass is 301 g/mol. The second-order valence-corrected chi connectivity index (χ2v) is 5.63. The van der Waals surface area contributed by atoms with E-state index in [2.05, 4.69) is 12.2 Å². The van der Waals surface area contributed by atoms with Gasteiger partial charge in [0.15, 0.2) is 0 Å². The summed E-state index contributed by atoms with van der Waals surface area (Å²) in [4.78, 5) is 0. The van der Waals surface area contributed by atoms with Gasteiger partial charge in [0.05, 0.1) is 6.10 Å². The van der Waals surface area contributed by atoms with E-state index in [1.165, 1.54) is 5.56 Å². The summed E-state index contributed by atoms with van der Waals surface area (Å²) in [6.45, 7) is 2.52. The van der Waals surface area contributed by atoms with E-state index in [1.807, 2.05) is 12.1 Å². The number of benzene rings is 2. The van der Waals surface area contributed by atoms with E-state index in [9.17, 15) is 15.3 Å². The smallest absolute Gasteiger partial charge is 0.115 e. The molecule has 0 heterocycles. The van der Waals surface area contributed by atoms with E-state index >= 15 is 0 Å². The number of nitrogens with one attached hydrogen (secondary N) is 1. The Balaban J connectivity index is 1.75. The Bertz CT molecular complexity index is 583. The summed E-state index contributed by atoms with van der Waals surface area (Å²) in [6, 6.07) is 14.2. The topological polar surface area (TPSA) is 72.7 Å². The molecule has 4 heteroatoms. The van der Waals surface area contributed by atoms with E-state index in [1.54, 1.807) is 36.4 Å². The molecule has 2 atom stereocenters. The molecule has 22 heavy (non-hydrogen) atoms. The fourth-order valence-electron chi connectivity index (χ4n) is 2.31. The first-order valence-electron chi connectivity index (χ1n) is 7.53. The average Bonchev–Trinajstić information content (AvgIpc) is 2.52. The lowest BCUT2D eigenvalue weighted by atomic mass is 10.1. The molecule has 0 spiro atoms. The van der Waals surface area contributed by atoms with Gasteiger partial charge in [-0.15, -0.1) is 0 Å². The van der Waals surface area contributed by atoms with Crippen LogP contribution in [-0.4, -0.2) is 27.9 Å². The molecule has 0 aliphatic heterocycles. The van der Waals surface area contributed by atoms with Crippen molar-refractivity contribution in [2.24, 2.45) is 0 Å². The summed E-state index contributed by atoms with van der Waals surface area (Å²) in [5, 5.41) is 32.1. The zero-order chi connectivity index (χ0) is 15.9. The number of aliphatic hydroxyl groups excluding tert-OH is 1. The molecule has 4 nitrogen and oxygen atoms in total. The van der Waals surface area contributed by atoms with Crippen molar-refractivity contribution in [1.82, 2.24) is 5.32 Å². The Morgan fingerprint density at radius 1 is 1.00 bits per heavy atom. The van der Waals surface area contributed by atoms with E-state index in [0.29, 0.717) is 12.1 Å². The third-order valence-corrected chi connectivity index (χ3v) is 3.72. The molecule has 2 rings (SSSR count). The Kier molecular flexibility index (Phi) is 5.81. The number of hydrogen-bond acceptors (Lipinski definition) is 4. The van der Waals surface area contributed by atoms with Crippen LogP contribution in [0.2, 0.25) is 0 Å². The van der Waals surface area contributed by atoms with Crippen molar-refractivity contribution in [3.05, 3.63) is 59.7 Å². The molecule has 118 valence electrons. The standard InChI is InChI=1S/C18H23NO3/c1-13(5-6-14-7-9-16(20)10-8-14)19-12-18(22)15-3-2-4-17(21)11-15/h2-4,7-11,13,18-22H,5-6,12H2,1H3/t13-,18+/m1/s1. The fraction of sp³-hybridized carbons (Fsp3) is 0.333. The second-order valence-electron chi connectivity index (χ2n) is 5.63. The molecule has 0 fully saturated rings. The van der Waals surface area contributed by atoms with Gasteiger partial charge < -0.3 is 20.6 Å². The van der Waals surface area contributed by atoms with Crippen LogP contribution in [0.4, 0.5) is 0 Å². The number of aliphatic hydroxyl groups is 1. The number of hydrogen-bond donors (Lipinski definition) is 4. The first-order chi connectivity index (χ1) is 10.5. The number of rotatable bonds is 7. The lowest BCUT2D eigenvalue weighted by Gasteiger charge is -2.17. The largest absolute Gasteiger partial charge is 0.508 e. The van der Waals surface area contributed by atoms with Crippen molar-refractivity contribution < 1.29 is 15.3 Å². The second kappa shape index (κ2) is 7.82. The number of aryl methyl sites for hydroxylation is 1. The van der Waals surface area contributed by atoms with Gasteiger partial charge in [-0.25, -0.2) is 0 Å².